The predicted molar refractivity (Wildman–Crippen MR) is 169 cm³/mol. The van der Waals surface area contributed by atoms with Crippen LogP contribution in [0.25, 0.3) is 0 Å². The lowest BCUT2D eigenvalue weighted by atomic mass is 10.1. The molecule has 1 unspecified atom stereocenters. The third kappa shape index (κ3) is 7.25. The van der Waals surface area contributed by atoms with Gasteiger partial charge in [-0.1, -0.05) is 66.6 Å². The molecule has 10 heteroatoms. The molecule has 3 aliphatic rings. The van der Waals surface area contributed by atoms with Gasteiger partial charge in [0.05, 0.1) is 26.2 Å². The minimum absolute atomic E-state index is 0.0366. The number of carbonyl (C=O) groups excluding carboxylic acids is 2. The Labute approximate surface area is 258 Å². The maximum absolute atomic E-state index is 13.4. The van der Waals surface area contributed by atoms with E-state index < -0.39 is 6.17 Å². The number of terminal acetylenes is 1. The summed E-state index contributed by atoms with van der Waals surface area (Å²) >= 11 is 0. The summed E-state index contributed by atoms with van der Waals surface area (Å²) in [5.41, 5.74) is 10.3. The second kappa shape index (κ2) is 13.9. The lowest BCUT2D eigenvalue weighted by molar-refractivity contribution is -0.170. The Kier molecular flexibility index (Phi) is 9.57. The molecule has 3 aromatic carbocycles. The monoisotopic (exact) mass is 594 g/mol. The highest BCUT2D eigenvalue weighted by molar-refractivity contribution is 5.83. The number of urea groups is 1. The first-order valence-corrected chi connectivity index (χ1v) is 14.5. The first kappa shape index (κ1) is 30.3. The van der Waals surface area contributed by atoms with Gasteiger partial charge in [-0.25, -0.2) is 9.80 Å². The van der Waals surface area contributed by atoms with Crippen molar-refractivity contribution in [2.24, 2.45) is 0 Å². The van der Waals surface area contributed by atoms with Crippen molar-refractivity contribution in [3.63, 3.8) is 0 Å². The van der Waals surface area contributed by atoms with Crippen LogP contribution in [0.15, 0.2) is 85.1 Å². The van der Waals surface area contributed by atoms with E-state index in [0.717, 1.165) is 34.0 Å². The summed E-state index contributed by atoms with van der Waals surface area (Å²) in [5, 5.41) is 6.21. The molecule has 3 heterocycles. The smallest absolute Gasteiger partial charge is 0.334 e. The average Bonchev–Trinajstić information content (AvgIpc) is 3.03. The Bertz CT molecular complexity index is 1500. The van der Waals surface area contributed by atoms with Gasteiger partial charge in [0, 0.05) is 24.5 Å². The summed E-state index contributed by atoms with van der Waals surface area (Å²) in [6.07, 6.45) is 5.07. The summed E-state index contributed by atoms with van der Waals surface area (Å²) < 4.78 is 11.4. The van der Waals surface area contributed by atoms with Crippen LogP contribution >= 0.6 is 0 Å². The van der Waals surface area contributed by atoms with Crippen molar-refractivity contribution in [3.8, 4) is 23.8 Å². The minimum atomic E-state index is -0.516. The molecular formula is C34H38N6O4. The Morgan fingerprint density at radius 3 is 2.45 bits per heavy atom. The van der Waals surface area contributed by atoms with Gasteiger partial charge in [0.1, 0.15) is 19.4 Å². The Morgan fingerprint density at radius 2 is 1.75 bits per heavy atom. The van der Waals surface area contributed by atoms with E-state index in [9.17, 15) is 9.59 Å². The molecule has 3 aliphatic heterocycles. The van der Waals surface area contributed by atoms with Crippen LogP contribution in [-0.4, -0.2) is 77.3 Å². The number of anilines is 1. The van der Waals surface area contributed by atoms with Crippen molar-refractivity contribution < 1.29 is 19.1 Å². The minimum Gasteiger partial charge on any atom is -0.486 e. The number of amides is 3. The number of nitrogen functional groups attached to an aromatic ring is 1. The Morgan fingerprint density at radius 1 is 1.02 bits per heavy atom. The number of piperazine rings is 1. The summed E-state index contributed by atoms with van der Waals surface area (Å²) in [4.78, 5) is 30.2. The van der Waals surface area contributed by atoms with Gasteiger partial charge < -0.3 is 30.3 Å². The van der Waals surface area contributed by atoms with Crippen LogP contribution < -0.4 is 20.5 Å². The zero-order chi connectivity index (χ0) is 31.1. The molecule has 0 bridgehead atoms. The van der Waals surface area contributed by atoms with Gasteiger partial charge in [0.15, 0.2) is 11.5 Å². The van der Waals surface area contributed by atoms with Gasteiger partial charge in [-0.05, 0) is 42.3 Å². The van der Waals surface area contributed by atoms with E-state index in [4.69, 9.17) is 21.6 Å². The van der Waals surface area contributed by atoms with Crippen LogP contribution in [0.5, 0.6) is 11.5 Å². The van der Waals surface area contributed by atoms with E-state index in [1.54, 1.807) is 14.9 Å². The summed E-state index contributed by atoms with van der Waals surface area (Å²) in [7, 11) is 0. The van der Waals surface area contributed by atoms with Crippen LogP contribution in [0.2, 0.25) is 0 Å². The third-order valence-corrected chi connectivity index (χ3v) is 7.59. The second-order valence-electron chi connectivity index (χ2n) is 10.9. The number of nitrogens with zero attached hydrogens (tertiary/aromatic N) is 4. The van der Waals surface area contributed by atoms with E-state index in [2.05, 4.69) is 22.7 Å². The number of nitrogens with two attached hydrogens (primary N) is 1. The number of ether oxygens (including phenoxy) is 2. The van der Waals surface area contributed by atoms with Crippen molar-refractivity contribution in [1.29, 1.82) is 0 Å². The van der Waals surface area contributed by atoms with Gasteiger partial charge in [-0.3, -0.25) is 4.79 Å². The van der Waals surface area contributed by atoms with Crippen LogP contribution in [-0.2, 0) is 17.9 Å². The molecule has 2 saturated heterocycles. The molecule has 6 rings (SSSR count). The molecule has 0 spiro atoms. The van der Waals surface area contributed by atoms with Crippen LogP contribution in [0.3, 0.4) is 0 Å². The number of fused-ring (bicyclic) bond motifs is 2. The second-order valence-corrected chi connectivity index (χ2v) is 10.9. The zero-order valence-electron chi connectivity index (χ0n) is 24.9. The molecule has 3 N–H and O–H groups in total. The number of hydrazine groups is 1. The van der Waals surface area contributed by atoms with Gasteiger partial charge >= 0.3 is 6.03 Å². The number of hydrogen-bond acceptors (Lipinski definition) is 7. The first-order chi connectivity index (χ1) is 21.3. The SMILES string of the molecule is C#CCN1CC(=O)N2CC(=C)N(Cc3ccc4c(c3)OCCO4)CC2N1C(=O)NCc1ccccc1.Cc1ccc(N)cc1. The summed E-state index contributed by atoms with van der Waals surface area (Å²) in [6.45, 7) is 9.17. The third-order valence-electron chi connectivity index (χ3n) is 7.59. The van der Waals surface area contributed by atoms with E-state index in [0.29, 0.717) is 39.4 Å². The number of aryl methyl sites for hydroxylation is 1. The Hall–Kier alpha value is -5.14. The molecule has 3 aromatic rings. The number of rotatable bonds is 5. The fourth-order valence-electron chi connectivity index (χ4n) is 5.31. The molecule has 44 heavy (non-hydrogen) atoms. The standard InChI is InChI=1S/C27H29N5O4.C7H9N/c1-3-11-30-19-26(33)31-16-20(2)29(17-22-9-10-23-24(14-22)36-13-12-35-23)18-25(31)32(30)27(34)28-15-21-7-5-4-6-8-21;1-6-2-4-7(8)5-3-6/h1,4-10,14,25H,2,11-13,15-19H2,(H,28,34);2-5H,8H2,1H3. The number of benzene rings is 3. The molecule has 1 atom stereocenters. The maximum Gasteiger partial charge on any atom is 0.334 e. The van der Waals surface area contributed by atoms with Gasteiger partial charge in [-0.15, -0.1) is 6.42 Å². The fourth-order valence-corrected chi connectivity index (χ4v) is 5.31. The first-order valence-electron chi connectivity index (χ1n) is 14.5. The summed E-state index contributed by atoms with van der Waals surface area (Å²) in [5.74, 6) is 3.95. The lowest BCUT2D eigenvalue weighted by Gasteiger charge is -2.53. The summed E-state index contributed by atoms with van der Waals surface area (Å²) in [6, 6.07) is 23.0. The van der Waals surface area contributed by atoms with Gasteiger partial charge in [0.2, 0.25) is 5.91 Å². The maximum atomic E-state index is 13.4. The normalized spacial score (nSPS) is 17.6. The quantitative estimate of drug-likeness (QED) is 0.344. The van der Waals surface area contributed by atoms with Crippen molar-refractivity contribution >= 4 is 17.6 Å². The van der Waals surface area contributed by atoms with Gasteiger partial charge in [0.25, 0.3) is 0 Å². The molecule has 2 fully saturated rings. The van der Waals surface area contributed by atoms with Crippen molar-refractivity contribution in [2.75, 3.05) is 45.1 Å². The molecule has 0 aliphatic carbocycles. The van der Waals surface area contributed by atoms with E-state index in [1.807, 2.05) is 79.7 Å². The highest BCUT2D eigenvalue weighted by atomic mass is 16.6. The molecule has 0 radical (unpaired) electrons. The van der Waals surface area contributed by atoms with Crippen LogP contribution in [0.1, 0.15) is 16.7 Å². The largest absolute Gasteiger partial charge is 0.486 e. The van der Waals surface area contributed by atoms with Crippen molar-refractivity contribution in [3.05, 3.63) is 102 Å². The van der Waals surface area contributed by atoms with Crippen molar-refractivity contribution in [2.45, 2.75) is 26.2 Å². The van der Waals surface area contributed by atoms with Crippen LogP contribution in [0, 0.1) is 19.3 Å². The molecule has 228 valence electrons. The van der Waals surface area contributed by atoms with E-state index >= 15 is 0 Å². The molecule has 0 saturated carbocycles. The number of hydrogen-bond donors (Lipinski definition) is 2. The molecule has 10 nitrogen and oxygen atoms in total. The fraction of sp³-hybridized carbons (Fsp3) is 0.294. The molecular weight excluding hydrogens is 556 g/mol. The van der Waals surface area contributed by atoms with Crippen LogP contribution in [0.4, 0.5) is 10.5 Å². The highest BCUT2D eigenvalue weighted by Crippen LogP contribution is 2.32. The highest BCUT2D eigenvalue weighted by Gasteiger charge is 2.45. The number of carbonyl (C=O) groups is 2. The molecule has 0 aromatic heterocycles. The van der Waals surface area contributed by atoms with E-state index in [1.165, 1.54) is 5.56 Å². The predicted octanol–water partition coefficient (Wildman–Crippen LogP) is 3.59. The Balaban J connectivity index is 0.000000418. The zero-order valence-corrected chi connectivity index (χ0v) is 24.9. The number of nitrogens with one attached hydrogen (secondary N) is 1. The molecule has 3 amide bonds. The van der Waals surface area contributed by atoms with E-state index in [-0.39, 0.29) is 25.0 Å². The lowest BCUT2D eigenvalue weighted by Crippen LogP contribution is -2.72. The average molecular weight is 595 g/mol. The topological polar surface area (TPSA) is 104 Å². The van der Waals surface area contributed by atoms with Gasteiger partial charge in [-0.2, -0.15) is 5.01 Å². The van der Waals surface area contributed by atoms with Crippen molar-refractivity contribution in [1.82, 2.24) is 25.1 Å².